The third kappa shape index (κ3) is 3.35. The first-order chi connectivity index (χ1) is 10.4. The Morgan fingerprint density at radius 1 is 1.14 bits per heavy atom. The van der Waals surface area contributed by atoms with E-state index in [9.17, 15) is 18.0 Å². The van der Waals surface area contributed by atoms with Gasteiger partial charge in [0.25, 0.3) is 0 Å². The van der Waals surface area contributed by atoms with Gasteiger partial charge in [0.1, 0.15) is 0 Å². The monoisotopic (exact) mass is 313 g/mol. The summed E-state index contributed by atoms with van der Waals surface area (Å²) in [6, 6.07) is 5.06. The molecular weight excluding hydrogens is 295 g/mol. The van der Waals surface area contributed by atoms with Crippen molar-refractivity contribution in [3.8, 4) is 0 Å². The van der Waals surface area contributed by atoms with Crippen LogP contribution in [0, 0.1) is 0 Å². The molecule has 2 heterocycles. The molecule has 4 nitrogen and oxygen atoms in total. The van der Waals surface area contributed by atoms with Crippen LogP contribution < -0.4 is 10.6 Å². The number of alkyl halides is 3. The van der Waals surface area contributed by atoms with Crippen molar-refractivity contribution in [1.29, 1.82) is 0 Å². The van der Waals surface area contributed by atoms with Gasteiger partial charge in [-0.1, -0.05) is 0 Å². The minimum atomic E-state index is -4.36. The van der Waals surface area contributed by atoms with Gasteiger partial charge in [0.05, 0.1) is 5.56 Å². The van der Waals surface area contributed by atoms with E-state index in [-0.39, 0.29) is 6.03 Å². The number of nitrogens with one attached hydrogen (secondary N) is 2. The van der Waals surface area contributed by atoms with Crippen molar-refractivity contribution in [2.75, 3.05) is 18.4 Å². The molecule has 3 rings (SSSR count). The van der Waals surface area contributed by atoms with Crippen LogP contribution in [0.25, 0.3) is 0 Å². The van der Waals surface area contributed by atoms with E-state index in [4.69, 9.17) is 0 Å². The molecule has 0 radical (unpaired) electrons. The molecule has 7 heteroatoms. The van der Waals surface area contributed by atoms with E-state index in [1.165, 1.54) is 12.1 Å². The molecule has 0 aliphatic carbocycles. The van der Waals surface area contributed by atoms with Crippen molar-refractivity contribution >= 4 is 11.7 Å². The van der Waals surface area contributed by atoms with Crippen molar-refractivity contribution in [1.82, 2.24) is 10.2 Å². The fourth-order valence-corrected chi connectivity index (χ4v) is 3.07. The predicted molar refractivity (Wildman–Crippen MR) is 76.6 cm³/mol. The number of nitrogens with zero attached hydrogens (tertiary/aromatic N) is 1. The number of likely N-dealkylation sites (tertiary alicyclic amines) is 1. The standard InChI is InChI=1S/C15H18F3N3O/c16-15(17,18)10-1-3-11(4-2-10)20-14(22)21-8-7-12-5-6-13(9-21)19-12/h1-4,12-13,19H,5-9H2,(H,20,22). The van der Waals surface area contributed by atoms with Crippen LogP contribution in [-0.2, 0) is 6.18 Å². The number of hydrogen-bond donors (Lipinski definition) is 2. The summed E-state index contributed by atoms with van der Waals surface area (Å²) in [5.41, 5.74) is -0.345. The van der Waals surface area contributed by atoms with E-state index in [0.29, 0.717) is 30.9 Å². The van der Waals surface area contributed by atoms with Gasteiger partial charge in [0.2, 0.25) is 0 Å². The van der Waals surface area contributed by atoms with Crippen LogP contribution in [0.2, 0.25) is 0 Å². The summed E-state index contributed by atoms with van der Waals surface area (Å²) in [5, 5.41) is 6.15. The average Bonchev–Trinajstić information content (AvgIpc) is 2.77. The second-order valence-corrected chi connectivity index (χ2v) is 5.88. The minimum absolute atomic E-state index is 0.255. The zero-order valence-corrected chi connectivity index (χ0v) is 12.0. The maximum atomic E-state index is 12.5. The number of carbonyl (C=O) groups excluding carboxylic acids is 1. The lowest BCUT2D eigenvalue weighted by atomic mass is 10.1. The Labute approximate surface area is 126 Å². The van der Waals surface area contributed by atoms with E-state index in [0.717, 1.165) is 31.4 Å². The number of rotatable bonds is 1. The van der Waals surface area contributed by atoms with E-state index >= 15 is 0 Å². The smallest absolute Gasteiger partial charge is 0.323 e. The van der Waals surface area contributed by atoms with Gasteiger partial charge in [0.15, 0.2) is 0 Å². The first-order valence-corrected chi connectivity index (χ1v) is 7.41. The van der Waals surface area contributed by atoms with Gasteiger partial charge in [-0.15, -0.1) is 0 Å². The second-order valence-electron chi connectivity index (χ2n) is 5.88. The summed E-state index contributed by atoms with van der Waals surface area (Å²) in [5.74, 6) is 0. The van der Waals surface area contributed by atoms with Gasteiger partial charge in [-0.2, -0.15) is 13.2 Å². The van der Waals surface area contributed by atoms with E-state index < -0.39 is 11.7 Å². The molecule has 2 fully saturated rings. The Morgan fingerprint density at radius 2 is 1.82 bits per heavy atom. The molecule has 2 amide bonds. The molecule has 1 aromatic carbocycles. The van der Waals surface area contributed by atoms with Crippen LogP contribution >= 0.6 is 0 Å². The Bertz CT molecular complexity index is 544. The largest absolute Gasteiger partial charge is 0.416 e. The molecule has 2 atom stereocenters. The molecule has 0 spiro atoms. The highest BCUT2D eigenvalue weighted by molar-refractivity contribution is 5.89. The highest BCUT2D eigenvalue weighted by Crippen LogP contribution is 2.30. The maximum Gasteiger partial charge on any atom is 0.416 e. The van der Waals surface area contributed by atoms with Crippen LogP contribution in [0.5, 0.6) is 0 Å². The number of fused-ring (bicyclic) bond motifs is 2. The Morgan fingerprint density at radius 3 is 2.50 bits per heavy atom. The molecule has 120 valence electrons. The zero-order valence-electron chi connectivity index (χ0n) is 12.0. The molecule has 1 aromatic rings. The third-order valence-corrected chi connectivity index (χ3v) is 4.27. The van der Waals surface area contributed by atoms with Crippen molar-refractivity contribution in [2.24, 2.45) is 0 Å². The van der Waals surface area contributed by atoms with Crippen LogP contribution in [0.15, 0.2) is 24.3 Å². The van der Waals surface area contributed by atoms with Crippen molar-refractivity contribution in [3.63, 3.8) is 0 Å². The number of urea groups is 1. The Kier molecular flexibility index (Phi) is 3.99. The Hall–Kier alpha value is -1.76. The molecule has 2 N–H and O–H groups in total. The first kappa shape index (κ1) is 15.1. The summed E-state index contributed by atoms with van der Waals surface area (Å²) >= 11 is 0. The first-order valence-electron chi connectivity index (χ1n) is 7.41. The molecule has 0 saturated carbocycles. The van der Waals surface area contributed by atoms with Crippen LogP contribution in [-0.4, -0.2) is 36.1 Å². The van der Waals surface area contributed by atoms with Gasteiger partial charge in [-0.25, -0.2) is 4.79 Å². The van der Waals surface area contributed by atoms with Crippen LogP contribution in [0.3, 0.4) is 0 Å². The average molecular weight is 313 g/mol. The maximum absolute atomic E-state index is 12.5. The molecule has 2 bridgehead atoms. The summed E-state index contributed by atoms with van der Waals surface area (Å²) in [6.45, 7) is 1.31. The lowest BCUT2D eigenvalue weighted by Gasteiger charge is -2.24. The summed E-state index contributed by atoms with van der Waals surface area (Å²) in [6.07, 6.45) is -1.23. The van der Waals surface area contributed by atoms with Crippen molar-refractivity contribution in [2.45, 2.75) is 37.5 Å². The predicted octanol–water partition coefficient (Wildman–Crippen LogP) is 3.06. The van der Waals surface area contributed by atoms with Crippen molar-refractivity contribution in [3.05, 3.63) is 29.8 Å². The minimum Gasteiger partial charge on any atom is -0.323 e. The quantitative estimate of drug-likeness (QED) is 0.837. The molecule has 22 heavy (non-hydrogen) atoms. The fraction of sp³-hybridized carbons (Fsp3) is 0.533. The van der Waals surface area contributed by atoms with Gasteiger partial charge in [0, 0.05) is 30.9 Å². The van der Waals surface area contributed by atoms with Crippen LogP contribution in [0.1, 0.15) is 24.8 Å². The number of benzene rings is 1. The summed E-state index contributed by atoms with van der Waals surface area (Å²) in [4.78, 5) is 14.0. The number of halogens is 3. The van der Waals surface area contributed by atoms with Gasteiger partial charge in [-0.05, 0) is 43.5 Å². The summed E-state index contributed by atoms with van der Waals surface area (Å²) in [7, 11) is 0. The summed E-state index contributed by atoms with van der Waals surface area (Å²) < 4.78 is 37.5. The number of amides is 2. The SMILES string of the molecule is O=C(Nc1ccc(C(F)(F)F)cc1)N1CCC2CCC(C1)N2. The number of anilines is 1. The van der Waals surface area contributed by atoms with E-state index in [1.807, 2.05) is 0 Å². The molecule has 2 unspecified atom stereocenters. The lowest BCUT2D eigenvalue weighted by Crippen LogP contribution is -2.41. The molecule has 2 aliphatic rings. The van der Waals surface area contributed by atoms with Gasteiger partial charge < -0.3 is 15.5 Å². The second kappa shape index (κ2) is 5.79. The molecular formula is C15H18F3N3O. The normalized spacial score (nSPS) is 25.0. The van der Waals surface area contributed by atoms with Crippen molar-refractivity contribution < 1.29 is 18.0 Å². The third-order valence-electron chi connectivity index (χ3n) is 4.27. The Balaban J connectivity index is 1.61. The van der Waals surface area contributed by atoms with E-state index in [2.05, 4.69) is 10.6 Å². The highest BCUT2D eigenvalue weighted by Gasteiger charge is 2.32. The fourth-order valence-electron chi connectivity index (χ4n) is 3.07. The van der Waals surface area contributed by atoms with Gasteiger partial charge >= 0.3 is 12.2 Å². The number of carbonyl (C=O) groups is 1. The molecule has 0 aromatic heterocycles. The molecule has 2 aliphatic heterocycles. The zero-order chi connectivity index (χ0) is 15.7. The van der Waals surface area contributed by atoms with E-state index in [1.54, 1.807) is 4.90 Å². The van der Waals surface area contributed by atoms with Crippen LogP contribution in [0.4, 0.5) is 23.7 Å². The number of hydrogen-bond acceptors (Lipinski definition) is 2. The molecule has 2 saturated heterocycles. The topological polar surface area (TPSA) is 44.4 Å². The lowest BCUT2D eigenvalue weighted by molar-refractivity contribution is -0.137. The van der Waals surface area contributed by atoms with Gasteiger partial charge in [-0.3, -0.25) is 0 Å². The highest BCUT2D eigenvalue weighted by atomic mass is 19.4.